The molecule has 0 fully saturated rings. The molecule has 0 aliphatic rings. The molecule has 0 saturated carbocycles. The van der Waals surface area contributed by atoms with Gasteiger partial charge in [-0.05, 0) is 51.8 Å². The lowest BCUT2D eigenvalue weighted by Gasteiger charge is -2.09. The van der Waals surface area contributed by atoms with Crippen LogP contribution >= 0.6 is 22.6 Å². The van der Waals surface area contributed by atoms with Crippen LogP contribution in [0.2, 0.25) is 0 Å². The Kier molecular flexibility index (Phi) is 3.41. The van der Waals surface area contributed by atoms with Crippen molar-refractivity contribution in [3.05, 3.63) is 57.7 Å². The standard InChI is InChI=1S/C14H13I/c1-2-12-13(9-6-10-14(12)15)11-7-4-3-5-8-11/h3-10H,2H2,1H3. The van der Waals surface area contributed by atoms with Gasteiger partial charge in [0.1, 0.15) is 0 Å². The van der Waals surface area contributed by atoms with E-state index >= 15 is 0 Å². The first kappa shape index (κ1) is 10.7. The van der Waals surface area contributed by atoms with Gasteiger partial charge in [-0.25, -0.2) is 0 Å². The molecule has 0 amide bonds. The maximum Gasteiger partial charge on any atom is 0.0168 e. The van der Waals surface area contributed by atoms with Crippen LogP contribution in [0, 0.1) is 3.57 Å². The molecule has 0 saturated heterocycles. The molecule has 0 aromatic heterocycles. The van der Waals surface area contributed by atoms with Crippen LogP contribution in [0.25, 0.3) is 11.1 Å². The third-order valence-corrected chi connectivity index (χ3v) is 3.57. The van der Waals surface area contributed by atoms with Crippen LogP contribution in [-0.4, -0.2) is 0 Å². The summed E-state index contributed by atoms with van der Waals surface area (Å²) in [5, 5.41) is 0. The molecule has 2 aromatic carbocycles. The predicted molar refractivity (Wildman–Crippen MR) is 74.0 cm³/mol. The molecule has 1 heteroatoms. The van der Waals surface area contributed by atoms with Gasteiger partial charge in [0.25, 0.3) is 0 Å². The highest BCUT2D eigenvalue weighted by Gasteiger charge is 2.05. The maximum atomic E-state index is 2.41. The third kappa shape index (κ3) is 2.23. The van der Waals surface area contributed by atoms with Gasteiger partial charge in [0.2, 0.25) is 0 Å². The Morgan fingerprint density at radius 3 is 2.33 bits per heavy atom. The van der Waals surface area contributed by atoms with E-state index in [1.807, 2.05) is 0 Å². The molecule has 0 unspecified atom stereocenters. The Morgan fingerprint density at radius 1 is 0.933 bits per heavy atom. The van der Waals surface area contributed by atoms with E-state index in [0.717, 1.165) is 6.42 Å². The van der Waals surface area contributed by atoms with Crippen molar-refractivity contribution in [3.63, 3.8) is 0 Å². The number of hydrogen-bond donors (Lipinski definition) is 0. The molecule has 0 bridgehead atoms. The second-order valence-corrected chi connectivity index (χ2v) is 4.65. The van der Waals surface area contributed by atoms with E-state index < -0.39 is 0 Å². The Bertz CT molecular complexity index is 446. The second kappa shape index (κ2) is 4.79. The van der Waals surface area contributed by atoms with Crippen LogP contribution < -0.4 is 0 Å². The van der Waals surface area contributed by atoms with Crippen LogP contribution in [0.1, 0.15) is 12.5 Å². The van der Waals surface area contributed by atoms with Crippen molar-refractivity contribution in [2.24, 2.45) is 0 Å². The van der Waals surface area contributed by atoms with Gasteiger partial charge in [-0.15, -0.1) is 0 Å². The summed E-state index contributed by atoms with van der Waals surface area (Å²) in [6.45, 7) is 2.21. The van der Waals surface area contributed by atoms with Crippen molar-refractivity contribution >= 4 is 22.6 Å². The van der Waals surface area contributed by atoms with Crippen LogP contribution in [0.5, 0.6) is 0 Å². The molecule has 0 spiro atoms. The van der Waals surface area contributed by atoms with Crippen LogP contribution in [-0.2, 0) is 6.42 Å². The van der Waals surface area contributed by atoms with Crippen molar-refractivity contribution < 1.29 is 0 Å². The maximum absolute atomic E-state index is 2.41. The minimum atomic E-state index is 1.09. The number of benzene rings is 2. The summed E-state index contributed by atoms with van der Waals surface area (Å²) in [5.74, 6) is 0. The SMILES string of the molecule is CCc1c(I)cccc1-c1ccccc1. The minimum absolute atomic E-state index is 1.09. The van der Waals surface area contributed by atoms with Crippen LogP contribution in [0.15, 0.2) is 48.5 Å². The van der Waals surface area contributed by atoms with E-state index in [9.17, 15) is 0 Å². The van der Waals surface area contributed by atoms with Gasteiger partial charge >= 0.3 is 0 Å². The fourth-order valence-corrected chi connectivity index (χ4v) is 2.69. The van der Waals surface area contributed by atoms with Gasteiger partial charge in [0.15, 0.2) is 0 Å². The lowest BCUT2D eigenvalue weighted by atomic mass is 9.98. The van der Waals surface area contributed by atoms with E-state index in [0.29, 0.717) is 0 Å². The summed E-state index contributed by atoms with van der Waals surface area (Å²) < 4.78 is 1.36. The Labute approximate surface area is 104 Å². The molecular formula is C14H13I. The highest BCUT2D eigenvalue weighted by Crippen LogP contribution is 2.27. The molecule has 0 nitrogen and oxygen atoms in total. The number of rotatable bonds is 2. The Morgan fingerprint density at radius 2 is 1.67 bits per heavy atom. The summed E-state index contributed by atoms with van der Waals surface area (Å²) in [4.78, 5) is 0. The Hall–Kier alpha value is -0.830. The zero-order chi connectivity index (χ0) is 10.7. The van der Waals surface area contributed by atoms with Gasteiger partial charge in [0, 0.05) is 3.57 Å². The van der Waals surface area contributed by atoms with Gasteiger partial charge in [-0.3, -0.25) is 0 Å². The first-order valence-corrected chi connectivity index (χ1v) is 6.23. The van der Waals surface area contributed by atoms with Gasteiger partial charge < -0.3 is 0 Å². The molecule has 15 heavy (non-hydrogen) atoms. The van der Waals surface area contributed by atoms with Gasteiger partial charge in [-0.1, -0.05) is 49.4 Å². The average Bonchev–Trinajstić information content (AvgIpc) is 2.30. The van der Waals surface area contributed by atoms with Crippen molar-refractivity contribution in [1.82, 2.24) is 0 Å². The summed E-state index contributed by atoms with van der Waals surface area (Å²) in [6, 6.07) is 17.1. The fourth-order valence-electron chi connectivity index (χ4n) is 1.81. The fraction of sp³-hybridized carbons (Fsp3) is 0.143. The molecule has 0 aliphatic carbocycles. The summed E-state index contributed by atoms with van der Waals surface area (Å²) >= 11 is 2.41. The molecule has 2 aromatic rings. The molecule has 0 radical (unpaired) electrons. The van der Waals surface area contributed by atoms with E-state index in [1.54, 1.807) is 0 Å². The first-order chi connectivity index (χ1) is 7.33. The van der Waals surface area contributed by atoms with Crippen molar-refractivity contribution in [2.75, 3.05) is 0 Å². The zero-order valence-electron chi connectivity index (χ0n) is 8.70. The molecular weight excluding hydrogens is 295 g/mol. The molecule has 0 N–H and O–H groups in total. The molecule has 0 atom stereocenters. The quantitative estimate of drug-likeness (QED) is 0.716. The van der Waals surface area contributed by atoms with Gasteiger partial charge in [0.05, 0.1) is 0 Å². The monoisotopic (exact) mass is 308 g/mol. The largest absolute Gasteiger partial charge is 0.0622 e. The molecule has 0 aliphatic heterocycles. The zero-order valence-corrected chi connectivity index (χ0v) is 10.9. The van der Waals surface area contributed by atoms with E-state index in [2.05, 4.69) is 78.0 Å². The lowest BCUT2D eigenvalue weighted by molar-refractivity contribution is 1.13. The molecule has 76 valence electrons. The van der Waals surface area contributed by atoms with E-state index in [1.165, 1.54) is 20.3 Å². The highest BCUT2D eigenvalue weighted by molar-refractivity contribution is 14.1. The van der Waals surface area contributed by atoms with Crippen LogP contribution in [0.4, 0.5) is 0 Å². The Balaban J connectivity index is 2.58. The minimum Gasteiger partial charge on any atom is -0.0622 e. The highest BCUT2D eigenvalue weighted by atomic mass is 127. The second-order valence-electron chi connectivity index (χ2n) is 3.49. The topological polar surface area (TPSA) is 0 Å². The van der Waals surface area contributed by atoms with E-state index in [-0.39, 0.29) is 0 Å². The third-order valence-electron chi connectivity index (χ3n) is 2.56. The summed E-state index contributed by atoms with van der Waals surface area (Å²) in [7, 11) is 0. The van der Waals surface area contributed by atoms with Crippen LogP contribution in [0.3, 0.4) is 0 Å². The molecule has 2 rings (SSSR count). The van der Waals surface area contributed by atoms with Gasteiger partial charge in [-0.2, -0.15) is 0 Å². The average molecular weight is 308 g/mol. The van der Waals surface area contributed by atoms with Crippen molar-refractivity contribution in [3.8, 4) is 11.1 Å². The smallest absolute Gasteiger partial charge is 0.0168 e. The summed E-state index contributed by atoms with van der Waals surface area (Å²) in [6.07, 6.45) is 1.09. The number of hydrogen-bond acceptors (Lipinski definition) is 0. The first-order valence-electron chi connectivity index (χ1n) is 5.15. The lowest BCUT2D eigenvalue weighted by Crippen LogP contribution is -1.90. The van der Waals surface area contributed by atoms with E-state index in [4.69, 9.17) is 0 Å². The molecule has 0 heterocycles. The van der Waals surface area contributed by atoms with Crippen molar-refractivity contribution in [1.29, 1.82) is 0 Å². The normalized spacial score (nSPS) is 10.3. The summed E-state index contributed by atoms with van der Waals surface area (Å²) in [5.41, 5.74) is 4.13. The van der Waals surface area contributed by atoms with Crippen molar-refractivity contribution in [2.45, 2.75) is 13.3 Å². The predicted octanol–water partition coefficient (Wildman–Crippen LogP) is 4.52. The number of halogens is 1.